The van der Waals surface area contributed by atoms with Gasteiger partial charge in [0.05, 0.1) is 0 Å². The molecule has 0 unspecified atom stereocenters. The minimum absolute atomic E-state index is 0.0167. The fourth-order valence-corrected chi connectivity index (χ4v) is 3.21. The maximum Gasteiger partial charge on any atom is 0.321 e. The SMILES string of the molecule is O=C1NCCN1c1cccc(NC(C2CC2)C2CC2)c1. The smallest absolute Gasteiger partial charge is 0.321 e. The molecule has 2 saturated carbocycles. The zero-order valence-corrected chi connectivity index (χ0v) is 11.6. The number of hydrogen-bond acceptors (Lipinski definition) is 2. The fourth-order valence-electron chi connectivity index (χ4n) is 3.21. The second kappa shape index (κ2) is 4.69. The van der Waals surface area contributed by atoms with Crippen LogP contribution in [0.2, 0.25) is 0 Å². The maximum absolute atomic E-state index is 11.7. The largest absolute Gasteiger partial charge is 0.382 e. The molecule has 0 aromatic heterocycles. The van der Waals surface area contributed by atoms with E-state index >= 15 is 0 Å². The van der Waals surface area contributed by atoms with Crippen molar-refractivity contribution in [3.05, 3.63) is 24.3 Å². The molecule has 20 heavy (non-hydrogen) atoms. The van der Waals surface area contributed by atoms with Gasteiger partial charge in [0.25, 0.3) is 0 Å². The van der Waals surface area contributed by atoms with Crippen molar-refractivity contribution in [1.29, 1.82) is 0 Å². The first kappa shape index (κ1) is 12.1. The molecule has 1 aromatic rings. The van der Waals surface area contributed by atoms with E-state index in [0.717, 1.165) is 36.3 Å². The van der Waals surface area contributed by atoms with Crippen LogP contribution >= 0.6 is 0 Å². The molecule has 3 aliphatic rings. The summed E-state index contributed by atoms with van der Waals surface area (Å²) >= 11 is 0. The van der Waals surface area contributed by atoms with Crippen LogP contribution in [0, 0.1) is 11.8 Å². The van der Waals surface area contributed by atoms with E-state index in [9.17, 15) is 4.79 Å². The van der Waals surface area contributed by atoms with Crippen LogP contribution in [0.4, 0.5) is 16.2 Å². The van der Waals surface area contributed by atoms with Gasteiger partial charge in [0.1, 0.15) is 0 Å². The van der Waals surface area contributed by atoms with E-state index < -0.39 is 0 Å². The van der Waals surface area contributed by atoms with Crippen LogP contribution in [0.25, 0.3) is 0 Å². The number of carbonyl (C=O) groups is 1. The predicted octanol–water partition coefficient (Wildman–Crippen LogP) is 2.82. The number of carbonyl (C=O) groups excluding carboxylic acids is 1. The summed E-state index contributed by atoms with van der Waals surface area (Å²) in [5.41, 5.74) is 2.15. The molecule has 3 fully saturated rings. The van der Waals surface area contributed by atoms with Gasteiger partial charge in [-0.15, -0.1) is 0 Å². The van der Waals surface area contributed by atoms with E-state index in [-0.39, 0.29) is 6.03 Å². The summed E-state index contributed by atoms with van der Waals surface area (Å²) in [5, 5.41) is 6.57. The molecule has 2 N–H and O–H groups in total. The molecule has 4 rings (SSSR count). The Morgan fingerprint density at radius 1 is 1.20 bits per heavy atom. The van der Waals surface area contributed by atoms with Gasteiger partial charge < -0.3 is 10.6 Å². The summed E-state index contributed by atoms with van der Waals surface area (Å²) in [5.74, 6) is 1.75. The molecule has 0 spiro atoms. The first-order chi connectivity index (χ1) is 9.81. The molecule has 4 heteroatoms. The van der Waals surface area contributed by atoms with E-state index in [1.807, 2.05) is 17.0 Å². The molecule has 0 radical (unpaired) electrons. The minimum atomic E-state index is 0.0167. The van der Waals surface area contributed by atoms with Crippen molar-refractivity contribution in [1.82, 2.24) is 5.32 Å². The van der Waals surface area contributed by atoms with E-state index in [2.05, 4.69) is 22.8 Å². The van der Waals surface area contributed by atoms with Crippen molar-refractivity contribution < 1.29 is 4.79 Å². The third-order valence-corrected chi connectivity index (χ3v) is 4.61. The first-order valence-corrected chi connectivity index (χ1v) is 7.73. The van der Waals surface area contributed by atoms with Crippen molar-refractivity contribution >= 4 is 17.4 Å². The Morgan fingerprint density at radius 2 is 1.95 bits per heavy atom. The number of benzene rings is 1. The molecule has 2 amide bonds. The summed E-state index contributed by atoms with van der Waals surface area (Å²) in [6.45, 7) is 1.50. The molecule has 1 saturated heterocycles. The zero-order chi connectivity index (χ0) is 13.5. The molecule has 0 bridgehead atoms. The van der Waals surface area contributed by atoms with Crippen LogP contribution in [-0.4, -0.2) is 25.2 Å². The topological polar surface area (TPSA) is 44.4 Å². The van der Waals surface area contributed by atoms with Crippen molar-refractivity contribution in [2.45, 2.75) is 31.7 Å². The van der Waals surface area contributed by atoms with Crippen molar-refractivity contribution in [2.75, 3.05) is 23.3 Å². The van der Waals surface area contributed by atoms with Gasteiger partial charge in [-0.25, -0.2) is 4.79 Å². The molecular formula is C16H21N3O. The number of hydrogen-bond donors (Lipinski definition) is 2. The normalized spacial score (nSPS) is 22.2. The Bertz CT molecular complexity index is 510. The Kier molecular flexibility index (Phi) is 2.83. The summed E-state index contributed by atoms with van der Waals surface area (Å²) < 4.78 is 0. The molecule has 2 aliphatic carbocycles. The van der Waals surface area contributed by atoms with Crippen molar-refractivity contribution in [2.24, 2.45) is 11.8 Å². The molecule has 4 nitrogen and oxygen atoms in total. The highest BCUT2D eigenvalue weighted by Crippen LogP contribution is 2.46. The molecule has 1 aliphatic heterocycles. The lowest BCUT2D eigenvalue weighted by Crippen LogP contribution is -2.28. The molecule has 1 heterocycles. The Balaban J connectivity index is 1.51. The Morgan fingerprint density at radius 3 is 2.55 bits per heavy atom. The highest BCUT2D eigenvalue weighted by atomic mass is 16.2. The third-order valence-electron chi connectivity index (χ3n) is 4.61. The second-order valence-electron chi connectivity index (χ2n) is 6.28. The first-order valence-electron chi connectivity index (χ1n) is 7.73. The minimum Gasteiger partial charge on any atom is -0.382 e. The standard InChI is InChI=1S/C16H21N3O/c20-16-17-8-9-19(16)14-3-1-2-13(10-14)18-15(11-4-5-11)12-6-7-12/h1-3,10-12,15,18H,4-9H2,(H,17,20). The van der Waals surface area contributed by atoms with Crippen molar-refractivity contribution in [3.8, 4) is 0 Å². The van der Waals surface area contributed by atoms with Gasteiger partial charge in [0.2, 0.25) is 0 Å². The summed E-state index contributed by atoms with van der Waals surface area (Å²) in [6.07, 6.45) is 5.51. The van der Waals surface area contributed by atoms with Gasteiger partial charge in [0.15, 0.2) is 0 Å². The van der Waals surface area contributed by atoms with Gasteiger partial charge >= 0.3 is 6.03 Å². The number of urea groups is 1. The summed E-state index contributed by atoms with van der Waals surface area (Å²) in [6, 6.07) is 8.96. The summed E-state index contributed by atoms with van der Waals surface area (Å²) in [4.78, 5) is 13.6. The monoisotopic (exact) mass is 271 g/mol. The van der Waals surface area contributed by atoms with Crippen LogP contribution < -0.4 is 15.5 Å². The lowest BCUT2D eigenvalue weighted by Gasteiger charge is -2.21. The molecule has 1 aromatic carbocycles. The Labute approximate surface area is 119 Å². The quantitative estimate of drug-likeness (QED) is 0.865. The lowest BCUT2D eigenvalue weighted by molar-refractivity contribution is 0.252. The van der Waals surface area contributed by atoms with Crippen LogP contribution in [-0.2, 0) is 0 Å². The van der Waals surface area contributed by atoms with E-state index in [0.29, 0.717) is 6.04 Å². The van der Waals surface area contributed by atoms with Crippen LogP contribution in [0.15, 0.2) is 24.3 Å². The predicted molar refractivity (Wildman–Crippen MR) is 80.0 cm³/mol. The van der Waals surface area contributed by atoms with Crippen LogP contribution in [0.1, 0.15) is 25.7 Å². The number of nitrogens with one attached hydrogen (secondary N) is 2. The second-order valence-corrected chi connectivity index (χ2v) is 6.28. The Hall–Kier alpha value is -1.71. The van der Waals surface area contributed by atoms with Gasteiger partial charge in [-0.05, 0) is 55.7 Å². The molecule has 106 valence electrons. The average molecular weight is 271 g/mol. The summed E-state index contributed by atoms with van der Waals surface area (Å²) in [7, 11) is 0. The highest BCUT2D eigenvalue weighted by molar-refractivity contribution is 5.94. The maximum atomic E-state index is 11.7. The van der Waals surface area contributed by atoms with Crippen molar-refractivity contribution in [3.63, 3.8) is 0 Å². The van der Waals surface area contributed by atoms with E-state index in [1.165, 1.54) is 25.7 Å². The highest BCUT2D eigenvalue weighted by Gasteiger charge is 2.41. The van der Waals surface area contributed by atoms with Gasteiger partial charge in [0, 0.05) is 30.5 Å². The zero-order valence-electron chi connectivity index (χ0n) is 11.6. The van der Waals surface area contributed by atoms with Gasteiger partial charge in [-0.1, -0.05) is 6.07 Å². The van der Waals surface area contributed by atoms with E-state index in [4.69, 9.17) is 0 Å². The van der Waals surface area contributed by atoms with Crippen LogP contribution in [0.3, 0.4) is 0 Å². The molecular weight excluding hydrogens is 250 g/mol. The third kappa shape index (κ3) is 2.35. The van der Waals surface area contributed by atoms with Gasteiger partial charge in [-0.2, -0.15) is 0 Å². The number of amides is 2. The van der Waals surface area contributed by atoms with Gasteiger partial charge in [-0.3, -0.25) is 4.90 Å². The number of nitrogens with zero attached hydrogens (tertiary/aromatic N) is 1. The fraction of sp³-hybridized carbons (Fsp3) is 0.562. The average Bonchev–Trinajstić information content (AvgIpc) is 3.35. The number of rotatable bonds is 5. The van der Waals surface area contributed by atoms with Crippen LogP contribution in [0.5, 0.6) is 0 Å². The number of anilines is 2. The lowest BCUT2D eigenvalue weighted by atomic mass is 10.1. The molecule has 0 atom stereocenters. The van der Waals surface area contributed by atoms with E-state index in [1.54, 1.807) is 0 Å².